The quantitative estimate of drug-likeness (QED) is 0.256. The second kappa shape index (κ2) is 14.0. The summed E-state index contributed by atoms with van der Waals surface area (Å²) in [7, 11) is 3.34. The van der Waals surface area contributed by atoms with Gasteiger partial charge in [0.15, 0.2) is 0 Å². The number of hydrogen-bond donors (Lipinski definition) is 3. The van der Waals surface area contributed by atoms with Crippen molar-refractivity contribution in [3.8, 4) is 0 Å². The van der Waals surface area contributed by atoms with Crippen LogP contribution in [0.2, 0.25) is 0 Å². The maximum atomic E-state index is 13.5. The standard InChI is InChI=1S/C24H44N10O3/c1-8-32(30-26-7)12-10-13-33-16-18(29-31-33)15-27-22(36)19-11-9-14-34(19)23(37)20(24(3,4)5)28-21(35)17(2)25-6/h16-17,19-20,25H,8-15H2,1-7H3,(H,27,36)(H,28,35)/t17-,19+,20+/m0/s1. The highest BCUT2D eigenvalue weighted by molar-refractivity contribution is 5.93. The molecule has 0 bridgehead atoms. The fourth-order valence-electron chi connectivity index (χ4n) is 4.15. The van der Waals surface area contributed by atoms with E-state index in [9.17, 15) is 14.4 Å². The van der Waals surface area contributed by atoms with Crippen LogP contribution in [0.3, 0.4) is 0 Å². The molecule has 3 N–H and O–H groups in total. The van der Waals surface area contributed by atoms with Crippen molar-refractivity contribution in [2.24, 2.45) is 15.8 Å². The first kappa shape index (κ1) is 30.1. The Balaban J connectivity index is 1.95. The summed E-state index contributed by atoms with van der Waals surface area (Å²) in [4.78, 5) is 40.7. The molecule has 2 heterocycles. The number of carbonyl (C=O) groups excluding carboxylic acids is 3. The Morgan fingerprint density at radius 2 is 2.03 bits per heavy atom. The van der Waals surface area contributed by atoms with E-state index in [0.29, 0.717) is 25.2 Å². The predicted octanol–water partition coefficient (Wildman–Crippen LogP) is 0.733. The van der Waals surface area contributed by atoms with Gasteiger partial charge in [-0.3, -0.25) is 24.1 Å². The van der Waals surface area contributed by atoms with Crippen LogP contribution in [0.4, 0.5) is 0 Å². The van der Waals surface area contributed by atoms with Gasteiger partial charge < -0.3 is 20.9 Å². The number of nitrogens with one attached hydrogen (secondary N) is 3. The van der Waals surface area contributed by atoms with Crippen LogP contribution < -0.4 is 16.0 Å². The van der Waals surface area contributed by atoms with E-state index in [0.717, 1.165) is 25.9 Å². The monoisotopic (exact) mass is 520 g/mol. The summed E-state index contributed by atoms with van der Waals surface area (Å²) < 4.78 is 1.74. The van der Waals surface area contributed by atoms with Crippen molar-refractivity contribution in [2.75, 3.05) is 33.7 Å². The molecule has 1 fully saturated rings. The number of likely N-dealkylation sites (N-methyl/N-ethyl adjacent to an activating group) is 1. The molecule has 1 aliphatic rings. The van der Waals surface area contributed by atoms with Gasteiger partial charge in [-0.1, -0.05) is 31.2 Å². The molecular formula is C24H44N10O3. The van der Waals surface area contributed by atoms with E-state index in [1.807, 2.05) is 38.9 Å². The van der Waals surface area contributed by atoms with Gasteiger partial charge in [0.05, 0.1) is 25.8 Å². The molecule has 13 heteroatoms. The van der Waals surface area contributed by atoms with Crippen LogP contribution in [0, 0.1) is 5.41 Å². The van der Waals surface area contributed by atoms with Crippen molar-refractivity contribution >= 4 is 17.7 Å². The molecule has 2 rings (SSSR count). The molecule has 1 aliphatic heterocycles. The number of hydrogen-bond acceptors (Lipinski definition) is 8. The lowest BCUT2D eigenvalue weighted by molar-refractivity contribution is -0.144. The van der Waals surface area contributed by atoms with E-state index >= 15 is 0 Å². The highest BCUT2D eigenvalue weighted by Gasteiger charge is 2.42. The number of rotatable bonds is 13. The van der Waals surface area contributed by atoms with Gasteiger partial charge in [0.1, 0.15) is 17.8 Å². The molecule has 37 heavy (non-hydrogen) atoms. The van der Waals surface area contributed by atoms with Gasteiger partial charge in [0.2, 0.25) is 17.7 Å². The second-order valence-electron chi connectivity index (χ2n) is 10.4. The summed E-state index contributed by atoms with van der Waals surface area (Å²) in [5.74, 6) is -0.723. The average Bonchev–Trinajstić information content (AvgIpc) is 3.53. The molecule has 1 aromatic rings. The number of likely N-dealkylation sites (tertiary alicyclic amines) is 1. The predicted molar refractivity (Wildman–Crippen MR) is 139 cm³/mol. The Labute approximate surface area is 219 Å². The number of aromatic nitrogens is 3. The first-order chi connectivity index (χ1) is 17.5. The molecule has 0 unspecified atom stereocenters. The minimum Gasteiger partial charge on any atom is -0.349 e. The molecule has 13 nitrogen and oxygen atoms in total. The molecule has 1 saturated heterocycles. The van der Waals surface area contributed by atoms with Crippen molar-refractivity contribution in [1.82, 2.24) is 40.9 Å². The van der Waals surface area contributed by atoms with Gasteiger partial charge in [-0.2, -0.15) is 5.11 Å². The Kier molecular flexibility index (Phi) is 11.4. The topological polar surface area (TPSA) is 149 Å². The van der Waals surface area contributed by atoms with E-state index in [1.165, 1.54) is 0 Å². The van der Waals surface area contributed by atoms with Crippen molar-refractivity contribution in [2.45, 2.75) is 85.1 Å². The molecule has 0 saturated carbocycles. The first-order valence-electron chi connectivity index (χ1n) is 13.0. The zero-order valence-corrected chi connectivity index (χ0v) is 23.3. The highest BCUT2D eigenvalue weighted by atomic mass is 16.2. The van der Waals surface area contributed by atoms with Crippen LogP contribution >= 0.6 is 0 Å². The molecule has 0 spiro atoms. The van der Waals surface area contributed by atoms with Gasteiger partial charge in [0.25, 0.3) is 0 Å². The molecule has 0 radical (unpaired) electrons. The number of amides is 3. The van der Waals surface area contributed by atoms with Gasteiger partial charge in [-0.05, 0) is 45.6 Å². The van der Waals surface area contributed by atoms with E-state index in [1.54, 1.807) is 30.6 Å². The normalized spacial score (nSPS) is 17.6. The van der Waals surface area contributed by atoms with Crippen molar-refractivity contribution in [1.29, 1.82) is 0 Å². The third-order valence-corrected chi connectivity index (χ3v) is 6.48. The minimum absolute atomic E-state index is 0.224. The lowest BCUT2D eigenvalue weighted by Gasteiger charge is -2.36. The van der Waals surface area contributed by atoms with Crippen LogP contribution in [0.15, 0.2) is 16.5 Å². The van der Waals surface area contributed by atoms with Gasteiger partial charge in [0, 0.05) is 26.2 Å². The molecule has 0 aromatic carbocycles. The number of carbonyl (C=O) groups is 3. The Bertz CT molecular complexity index is 926. The van der Waals surface area contributed by atoms with Gasteiger partial charge in [-0.25, -0.2) is 0 Å². The Morgan fingerprint density at radius 1 is 1.30 bits per heavy atom. The van der Waals surface area contributed by atoms with Crippen LogP contribution in [-0.4, -0.2) is 94.5 Å². The zero-order chi connectivity index (χ0) is 27.6. The summed E-state index contributed by atoms with van der Waals surface area (Å²) in [5, 5.41) is 26.7. The number of aryl methyl sites for hydroxylation is 1. The summed E-state index contributed by atoms with van der Waals surface area (Å²) in [6.45, 7) is 12.4. The zero-order valence-electron chi connectivity index (χ0n) is 23.3. The fraction of sp³-hybridized carbons (Fsp3) is 0.792. The van der Waals surface area contributed by atoms with Crippen LogP contribution in [0.5, 0.6) is 0 Å². The summed E-state index contributed by atoms with van der Waals surface area (Å²) in [6, 6.07) is -1.76. The van der Waals surface area contributed by atoms with Crippen LogP contribution in [0.1, 0.15) is 59.6 Å². The largest absolute Gasteiger partial charge is 0.349 e. The lowest BCUT2D eigenvalue weighted by Crippen LogP contribution is -2.59. The van der Waals surface area contributed by atoms with Crippen molar-refractivity contribution < 1.29 is 14.4 Å². The highest BCUT2D eigenvalue weighted by Crippen LogP contribution is 2.26. The molecule has 3 atom stereocenters. The molecule has 0 aliphatic carbocycles. The smallest absolute Gasteiger partial charge is 0.246 e. The van der Waals surface area contributed by atoms with Crippen molar-refractivity contribution in [3.63, 3.8) is 0 Å². The molecular weight excluding hydrogens is 476 g/mol. The molecule has 1 aromatic heterocycles. The maximum absolute atomic E-state index is 13.5. The van der Waals surface area contributed by atoms with Crippen LogP contribution in [0.25, 0.3) is 0 Å². The Hall–Kier alpha value is -3.09. The van der Waals surface area contributed by atoms with E-state index in [2.05, 4.69) is 36.6 Å². The summed E-state index contributed by atoms with van der Waals surface area (Å²) >= 11 is 0. The van der Waals surface area contributed by atoms with E-state index < -0.39 is 23.5 Å². The summed E-state index contributed by atoms with van der Waals surface area (Å²) in [6.07, 6.45) is 3.94. The van der Waals surface area contributed by atoms with E-state index in [-0.39, 0.29) is 24.3 Å². The third kappa shape index (κ3) is 8.76. The van der Waals surface area contributed by atoms with Gasteiger partial charge in [-0.15, -0.1) is 5.10 Å². The fourth-order valence-corrected chi connectivity index (χ4v) is 4.15. The Morgan fingerprint density at radius 3 is 2.65 bits per heavy atom. The lowest BCUT2D eigenvalue weighted by atomic mass is 9.85. The van der Waals surface area contributed by atoms with Gasteiger partial charge >= 0.3 is 0 Å². The molecule has 3 amide bonds. The van der Waals surface area contributed by atoms with Crippen molar-refractivity contribution in [3.05, 3.63) is 11.9 Å². The maximum Gasteiger partial charge on any atom is 0.246 e. The third-order valence-electron chi connectivity index (χ3n) is 6.48. The number of nitrogens with zero attached hydrogens (tertiary/aromatic N) is 7. The van der Waals surface area contributed by atoms with E-state index in [4.69, 9.17) is 0 Å². The minimum atomic E-state index is -0.744. The average molecular weight is 521 g/mol. The van der Waals surface area contributed by atoms with Crippen LogP contribution in [-0.2, 0) is 27.5 Å². The first-order valence-corrected chi connectivity index (χ1v) is 13.0. The molecule has 208 valence electrons. The second-order valence-corrected chi connectivity index (χ2v) is 10.4. The summed E-state index contributed by atoms with van der Waals surface area (Å²) in [5.41, 5.74) is 0.126. The SMILES string of the molecule is CCN(CCCn1cc(CNC(=O)[C@H]2CCCN2C(=O)[C@@H](NC(=O)[C@H](C)NC)C(C)(C)C)nn1)N=NC.